The van der Waals surface area contributed by atoms with Gasteiger partial charge in [-0.1, -0.05) is 19.9 Å². The van der Waals surface area contributed by atoms with Crippen LogP contribution < -0.4 is 4.90 Å². The van der Waals surface area contributed by atoms with Gasteiger partial charge in [-0.2, -0.15) is 5.26 Å². The van der Waals surface area contributed by atoms with Gasteiger partial charge in [-0.3, -0.25) is 4.79 Å². The molecule has 5 rings (SSSR count). The van der Waals surface area contributed by atoms with E-state index in [1.165, 1.54) is 18.4 Å². The van der Waals surface area contributed by atoms with Crippen molar-refractivity contribution < 1.29 is 17.9 Å². The molecular formula is C26H27N3O4S. The Hall–Kier alpha value is -2.99. The van der Waals surface area contributed by atoms with Gasteiger partial charge >= 0.3 is 0 Å². The summed E-state index contributed by atoms with van der Waals surface area (Å²) in [6, 6.07) is 11.1. The van der Waals surface area contributed by atoms with E-state index in [9.17, 15) is 18.5 Å². The highest BCUT2D eigenvalue weighted by Crippen LogP contribution is 2.51. The van der Waals surface area contributed by atoms with Crippen molar-refractivity contribution in [1.82, 2.24) is 4.31 Å². The first-order chi connectivity index (χ1) is 16.1. The average Bonchev–Trinajstić information content (AvgIpc) is 3.22. The Morgan fingerprint density at radius 3 is 2.44 bits per heavy atom. The van der Waals surface area contributed by atoms with Crippen LogP contribution in [0.2, 0.25) is 0 Å². The first kappa shape index (κ1) is 22.8. The molecule has 0 bridgehead atoms. The highest BCUT2D eigenvalue weighted by atomic mass is 32.2. The van der Waals surface area contributed by atoms with Crippen molar-refractivity contribution in [3.05, 3.63) is 63.7 Å². The van der Waals surface area contributed by atoms with E-state index in [2.05, 4.69) is 19.9 Å². The Bertz CT molecular complexity index is 1410. The number of benzene rings is 2. The van der Waals surface area contributed by atoms with Crippen molar-refractivity contribution in [2.24, 2.45) is 0 Å². The molecule has 34 heavy (non-hydrogen) atoms. The number of anilines is 1. The van der Waals surface area contributed by atoms with Crippen LogP contribution in [-0.2, 0) is 26.6 Å². The molecule has 2 aromatic carbocycles. The molecule has 0 radical (unpaired) electrons. The third-order valence-corrected chi connectivity index (χ3v) is 9.13. The van der Waals surface area contributed by atoms with E-state index >= 15 is 0 Å². The maximum atomic E-state index is 13.9. The van der Waals surface area contributed by atoms with E-state index in [0.717, 1.165) is 22.3 Å². The van der Waals surface area contributed by atoms with Crippen molar-refractivity contribution in [2.75, 3.05) is 45.3 Å². The summed E-state index contributed by atoms with van der Waals surface area (Å²) in [5, 5.41) is 9.33. The van der Waals surface area contributed by atoms with Crippen molar-refractivity contribution >= 4 is 27.1 Å². The minimum Gasteiger partial charge on any atom is -0.378 e. The summed E-state index contributed by atoms with van der Waals surface area (Å²) >= 11 is 0. The molecule has 0 spiro atoms. The predicted molar refractivity (Wildman–Crippen MR) is 129 cm³/mol. The lowest BCUT2D eigenvalue weighted by atomic mass is 9.68. The summed E-state index contributed by atoms with van der Waals surface area (Å²) in [6.07, 6.45) is 0.600. The van der Waals surface area contributed by atoms with Crippen LogP contribution in [0.15, 0.2) is 40.8 Å². The molecule has 0 aromatic heterocycles. The van der Waals surface area contributed by atoms with Gasteiger partial charge in [-0.15, -0.1) is 0 Å². The number of nitrogens with zero attached hydrogens (tertiary/aromatic N) is 3. The van der Waals surface area contributed by atoms with Crippen LogP contribution >= 0.6 is 0 Å². The lowest BCUT2D eigenvalue weighted by molar-refractivity contribution is 0.105. The van der Waals surface area contributed by atoms with Gasteiger partial charge in [0.15, 0.2) is 5.78 Å². The van der Waals surface area contributed by atoms with Gasteiger partial charge in [-0.05, 0) is 52.9 Å². The van der Waals surface area contributed by atoms with Crippen LogP contribution in [0.25, 0.3) is 5.57 Å². The first-order valence-electron chi connectivity index (χ1n) is 11.3. The zero-order valence-electron chi connectivity index (χ0n) is 19.8. The van der Waals surface area contributed by atoms with Crippen LogP contribution in [0.1, 0.15) is 46.5 Å². The van der Waals surface area contributed by atoms with Crippen molar-refractivity contribution in [3.63, 3.8) is 0 Å². The van der Waals surface area contributed by atoms with Gasteiger partial charge < -0.3 is 9.64 Å². The molecule has 1 aliphatic heterocycles. The quantitative estimate of drug-likeness (QED) is 0.675. The third kappa shape index (κ3) is 3.22. The number of hydrogen-bond acceptors (Lipinski definition) is 6. The SMILES string of the molecule is CN(C)S(=O)(=O)c1cc2c(cc1N1CCOCC1)C(C)(C)C1=C(C2=O)c2ccc(C#N)cc2C1. The normalized spacial score (nSPS) is 19.1. The number of ketones is 1. The Morgan fingerprint density at radius 2 is 1.79 bits per heavy atom. The number of fused-ring (bicyclic) bond motifs is 3. The van der Waals surface area contributed by atoms with Crippen molar-refractivity contribution in [2.45, 2.75) is 30.6 Å². The smallest absolute Gasteiger partial charge is 0.244 e. The zero-order valence-corrected chi connectivity index (χ0v) is 20.6. The minimum atomic E-state index is -3.80. The maximum absolute atomic E-state index is 13.9. The fourth-order valence-corrected chi connectivity index (χ4v) is 6.43. The topological polar surface area (TPSA) is 90.7 Å². The number of rotatable bonds is 3. The van der Waals surface area contributed by atoms with E-state index in [1.807, 2.05) is 23.1 Å². The monoisotopic (exact) mass is 477 g/mol. The predicted octanol–water partition coefficient (Wildman–Crippen LogP) is 3.13. The summed E-state index contributed by atoms with van der Waals surface area (Å²) in [5.74, 6) is -0.156. The molecule has 2 aromatic rings. The van der Waals surface area contributed by atoms with Crippen molar-refractivity contribution in [1.29, 1.82) is 5.26 Å². The molecule has 2 aliphatic carbocycles. The number of nitriles is 1. The zero-order chi connectivity index (χ0) is 24.4. The number of carbonyl (C=O) groups is 1. The van der Waals surface area contributed by atoms with Gasteiger partial charge in [0.05, 0.1) is 30.5 Å². The van der Waals surface area contributed by atoms with Gasteiger partial charge in [0.2, 0.25) is 10.0 Å². The van der Waals surface area contributed by atoms with E-state index < -0.39 is 15.4 Å². The molecular weight excluding hydrogens is 450 g/mol. The van der Waals surface area contributed by atoms with Crippen molar-refractivity contribution in [3.8, 4) is 6.07 Å². The highest BCUT2D eigenvalue weighted by molar-refractivity contribution is 7.89. The number of Topliss-reactive ketones (excluding diaryl/α,β-unsaturated/α-hetero) is 1. The molecule has 0 saturated carbocycles. The van der Waals surface area contributed by atoms with Crippen LogP contribution in [-0.4, -0.2) is 58.9 Å². The average molecular weight is 478 g/mol. The summed E-state index contributed by atoms with van der Waals surface area (Å²) in [7, 11) is -0.788. The Kier molecular flexibility index (Phi) is 5.21. The summed E-state index contributed by atoms with van der Waals surface area (Å²) in [6.45, 7) is 6.39. The third-order valence-electron chi connectivity index (χ3n) is 7.28. The van der Waals surface area contributed by atoms with Gasteiger partial charge in [0, 0.05) is 43.7 Å². The largest absolute Gasteiger partial charge is 0.378 e. The second kappa shape index (κ2) is 7.77. The van der Waals surface area contributed by atoms with Gasteiger partial charge in [0.1, 0.15) is 4.90 Å². The maximum Gasteiger partial charge on any atom is 0.244 e. The Labute approximate surface area is 200 Å². The fraction of sp³-hybridized carbons (Fsp3) is 0.385. The highest BCUT2D eigenvalue weighted by Gasteiger charge is 2.44. The van der Waals surface area contributed by atoms with Gasteiger partial charge in [-0.25, -0.2) is 12.7 Å². The van der Waals surface area contributed by atoms with E-state index in [-0.39, 0.29) is 10.7 Å². The van der Waals surface area contributed by atoms with E-state index in [1.54, 1.807) is 12.1 Å². The number of hydrogen-bond donors (Lipinski definition) is 0. The molecule has 1 fully saturated rings. The van der Waals surface area contributed by atoms with E-state index in [4.69, 9.17) is 4.74 Å². The van der Waals surface area contributed by atoms with Crippen LogP contribution in [0.5, 0.6) is 0 Å². The fourth-order valence-electron chi connectivity index (χ4n) is 5.31. The Balaban J connectivity index is 1.74. The van der Waals surface area contributed by atoms with E-state index in [0.29, 0.717) is 55.1 Å². The lowest BCUT2D eigenvalue weighted by Gasteiger charge is -2.37. The van der Waals surface area contributed by atoms with Crippen LogP contribution in [0.3, 0.4) is 0 Å². The molecule has 0 amide bonds. The molecule has 7 nitrogen and oxygen atoms in total. The lowest BCUT2D eigenvalue weighted by Crippen LogP contribution is -2.39. The molecule has 0 unspecified atom stereocenters. The first-order valence-corrected chi connectivity index (χ1v) is 12.8. The van der Waals surface area contributed by atoms with Gasteiger partial charge in [0.25, 0.3) is 0 Å². The molecule has 176 valence electrons. The molecule has 1 heterocycles. The Morgan fingerprint density at radius 1 is 1.09 bits per heavy atom. The second-order valence-corrected chi connectivity index (χ2v) is 11.8. The summed E-state index contributed by atoms with van der Waals surface area (Å²) < 4.78 is 33.4. The molecule has 0 N–H and O–H groups in total. The summed E-state index contributed by atoms with van der Waals surface area (Å²) in [4.78, 5) is 16.1. The number of morpholine rings is 1. The second-order valence-electron chi connectivity index (χ2n) is 9.72. The number of allylic oxidation sites excluding steroid dienone is 2. The molecule has 8 heteroatoms. The van der Waals surface area contributed by atoms with Crippen LogP contribution in [0, 0.1) is 11.3 Å². The molecule has 3 aliphatic rings. The number of carbonyl (C=O) groups excluding carboxylic acids is 1. The molecule has 0 atom stereocenters. The number of ether oxygens (including phenoxy) is 1. The summed E-state index contributed by atoms with van der Waals surface area (Å²) in [5.41, 5.74) is 5.43. The van der Waals surface area contributed by atoms with Crippen LogP contribution in [0.4, 0.5) is 5.69 Å². The number of sulfonamides is 1. The standard InChI is InChI=1S/C26H27N3O4S/c1-26(2)20-14-22(29-7-9-33-10-8-29)23(34(31,32)28(3)4)13-19(20)25(30)24-18-6-5-16(15-27)11-17(18)12-21(24)26/h5-6,11,13-14H,7-10,12H2,1-4H3. The minimum absolute atomic E-state index is 0.143. The molecule has 1 saturated heterocycles.